The smallest absolute Gasteiger partial charge is 0.193 e. The van der Waals surface area contributed by atoms with Crippen molar-refractivity contribution >= 4 is 5.96 Å². The van der Waals surface area contributed by atoms with Crippen molar-refractivity contribution in [3.8, 4) is 17.2 Å². The Balaban J connectivity index is 2.13. The summed E-state index contributed by atoms with van der Waals surface area (Å²) < 4.78 is 16.3. The fraction of sp³-hybridized carbons (Fsp3) is 0.350. The monoisotopic (exact) mass is 357 g/mol. The highest BCUT2D eigenvalue weighted by Crippen LogP contribution is 2.33. The molecule has 0 atom stereocenters. The lowest BCUT2D eigenvalue weighted by Crippen LogP contribution is -2.38. The molecular weight excluding hydrogens is 330 g/mol. The number of rotatable bonds is 7. The molecule has 0 saturated carbocycles. The van der Waals surface area contributed by atoms with Crippen LogP contribution in [0.2, 0.25) is 0 Å². The number of guanidine groups is 1. The Kier molecular flexibility index (Phi) is 7.14. The maximum Gasteiger partial charge on any atom is 0.193 e. The van der Waals surface area contributed by atoms with Gasteiger partial charge in [-0.2, -0.15) is 0 Å². The molecule has 2 rings (SSSR count). The average Bonchev–Trinajstić information content (AvgIpc) is 2.68. The molecule has 0 radical (unpaired) electrons. The Morgan fingerprint density at radius 1 is 1.00 bits per heavy atom. The zero-order valence-corrected chi connectivity index (χ0v) is 16.1. The fourth-order valence-electron chi connectivity index (χ4n) is 2.74. The molecule has 0 saturated heterocycles. The van der Waals surface area contributed by atoms with E-state index in [0.717, 1.165) is 18.1 Å². The second-order valence-electron chi connectivity index (χ2n) is 5.75. The van der Waals surface area contributed by atoms with Crippen LogP contribution in [0.3, 0.4) is 0 Å². The van der Waals surface area contributed by atoms with E-state index in [4.69, 9.17) is 14.2 Å². The summed E-state index contributed by atoms with van der Waals surface area (Å²) in [6, 6.07) is 14.0. The van der Waals surface area contributed by atoms with Crippen LogP contribution in [0.1, 0.15) is 11.1 Å². The molecule has 0 amide bonds. The van der Waals surface area contributed by atoms with E-state index in [0.29, 0.717) is 23.8 Å². The maximum absolute atomic E-state index is 5.50. The van der Waals surface area contributed by atoms with Crippen molar-refractivity contribution in [1.82, 2.24) is 10.2 Å². The van der Waals surface area contributed by atoms with Gasteiger partial charge in [-0.3, -0.25) is 4.99 Å². The van der Waals surface area contributed by atoms with E-state index in [1.807, 2.05) is 37.4 Å². The third kappa shape index (κ3) is 4.81. The van der Waals surface area contributed by atoms with Crippen LogP contribution in [-0.2, 0) is 13.1 Å². The molecule has 1 N–H and O–H groups in total. The van der Waals surface area contributed by atoms with E-state index in [1.165, 1.54) is 5.56 Å². The lowest BCUT2D eigenvalue weighted by atomic mass is 10.1. The van der Waals surface area contributed by atoms with Gasteiger partial charge in [0.1, 0.15) is 17.2 Å². The second kappa shape index (κ2) is 9.56. The van der Waals surface area contributed by atoms with Gasteiger partial charge in [0.05, 0.1) is 33.4 Å². The SMILES string of the molecule is CN=C(NCc1c(OC)cc(OC)cc1OC)N(C)Cc1ccccc1. The highest BCUT2D eigenvalue weighted by molar-refractivity contribution is 5.79. The first-order chi connectivity index (χ1) is 12.6. The predicted octanol–water partition coefficient (Wildman–Crippen LogP) is 2.92. The summed E-state index contributed by atoms with van der Waals surface area (Å²) >= 11 is 0. The standard InChI is InChI=1S/C20H27N3O3/c1-21-20(23(2)14-15-9-7-6-8-10-15)22-13-17-18(25-4)11-16(24-3)12-19(17)26-5/h6-12H,13-14H2,1-5H3,(H,21,22). The largest absolute Gasteiger partial charge is 0.496 e. The Morgan fingerprint density at radius 2 is 1.62 bits per heavy atom. The number of hydrogen-bond donors (Lipinski definition) is 1. The van der Waals surface area contributed by atoms with Gasteiger partial charge in [0.2, 0.25) is 0 Å². The van der Waals surface area contributed by atoms with Crippen LogP contribution in [0.15, 0.2) is 47.5 Å². The second-order valence-corrected chi connectivity index (χ2v) is 5.75. The van der Waals surface area contributed by atoms with E-state index in [-0.39, 0.29) is 0 Å². The highest BCUT2D eigenvalue weighted by Gasteiger charge is 2.15. The summed E-state index contributed by atoms with van der Waals surface area (Å²) in [5, 5.41) is 3.37. The van der Waals surface area contributed by atoms with Crippen LogP contribution in [0, 0.1) is 0 Å². The van der Waals surface area contributed by atoms with E-state index in [9.17, 15) is 0 Å². The van der Waals surface area contributed by atoms with Crippen molar-refractivity contribution in [3.05, 3.63) is 53.6 Å². The molecule has 6 heteroatoms. The molecule has 0 unspecified atom stereocenters. The van der Waals surface area contributed by atoms with Gasteiger partial charge >= 0.3 is 0 Å². The van der Waals surface area contributed by atoms with Crippen molar-refractivity contribution in [2.45, 2.75) is 13.1 Å². The molecule has 26 heavy (non-hydrogen) atoms. The number of ether oxygens (including phenoxy) is 3. The van der Waals surface area contributed by atoms with Crippen LogP contribution in [0.25, 0.3) is 0 Å². The summed E-state index contributed by atoms with van der Waals surface area (Å²) in [5.41, 5.74) is 2.13. The minimum atomic E-state index is 0.516. The maximum atomic E-state index is 5.50. The zero-order chi connectivity index (χ0) is 18.9. The Bertz CT molecular complexity index is 707. The fourth-order valence-corrected chi connectivity index (χ4v) is 2.74. The summed E-state index contributed by atoms with van der Waals surface area (Å²) in [6.45, 7) is 1.28. The summed E-state index contributed by atoms with van der Waals surface area (Å²) in [4.78, 5) is 6.44. The number of hydrogen-bond acceptors (Lipinski definition) is 4. The number of methoxy groups -OCH3 is 3. The number of aliphatic imine (C=N–C) groups is 1. The summed E-state index contributed by atoms with van der Waals surface area (Å²) in [7, 11) is 8.66. The molecule has 0 heterocycles. The summed E-state index contributed by atoms with van der Waals surface area (Å²) in [6.07, 6.45) is 0. The molecule has 0 spiro atoms. The van der Waals surface area contributed by atoms with Crippen LogP contribution >= 0.6 is 0 Å². The third-order valence-electron chi connectivity index (χ3n) is 4.08. The van der Waals surface area contributed by atoms with E-state index >= 15 is 0 Å². The van der Waals surface area contributed by atoms with E-state index in [1.54, 1.807) is 28.4 Å². The van der Waals surface area contributed by atoms with Crippen LogP contribution in [0.4, 0.5) is 0 Å². The average molecular weight is 357 g/mol. The Morgan fingerprint density at radius 3 is 2.12 bits per heavy atom. The Labute approximate surface area is 155 Å². The van der Waals surface area contributed by atoms with Gasteiger partial charge < -0.3 is 24.4 Å². The van der Waals surface area contributed by atoms with Crippen molar-refractivity contribution in [3.63, 3.8) is 0 Å². The molecule has 0 aliphatic carbocycles. The molecule has 6 nitrogen and oxygen atoms in total. The molecular formula is C20H27N3O3. The van der Waals surface area contributed by atoms with Crippen molar-refractivity contribution in [1.29, 1.82) is 0 Å². The van der Waals surface area contributed by atoms with Gasteiger partial charge in [0, 0.05) is 32.8 Å². The van der Waals surface area contributed by atoms with Gasteiger partial charge in [-0.15, -0.1) is 0 Å². The third-order valence-corrected chi connectivity index (χ3v) is 4.08. The van der Waals surface area contributed by atoms with Crippen molar-refractivity contribution in [2.75, 3.05) is 35.4 Å². The molecule has 2 aromatic rings. The molecule has 0 bridgehead atoms. The van der Waals surface area contributed by atoms with Crippen LogP contribution in [0.5, 0.6) is 17.2 Å². The molecule has 0 fully saturated rings. The van der Waals surface area contributed by atoms with Gasteiger partial charge in [0.25, 0.3) is 0 Å². The molecule has 0 aliphatic heterocycles. The van der Waals surface area contributed by atoms with Gasteiger partial charge in [-0.1, -0.05) is 30.3 Å². The summed E-state index contributed by atoms with van der Waals surface area (Å²) in [5.74, 6) is 2.88. The minimum absolute atomic E-state index is 0.516. The topological polar surface area (TPSA) is 55.3 Å². The minimum Gasteiger partial charge on any atom is -0.496 e. The highest BCUT2D eigenvalue weighted by atomic mass is 16.5. The first-order valence-electron chi connectivity index (χ1n) is 8.37. The quantitative estimate of drug-likeness (QED) is 0.610. The van der Waals surface area contributed by atoms with E-state index < -0.39 is 0 Å². The van der Waals surface area contributed by atoms with Crippen molar-refractivity contribution in [2.24, 2.45) is 4.99 Å². The lowest BCUT2D eigenvalue weighted by molar-refractivity contribution is 0.367. The Hall–Kier alpha value is -2.89. The van der Waals surface area contributed by atoms with Crippen molar-refractivity contribution < 1.29 is 14.2 Å². The lowest BCUT2D eigenvalue weighted by Gasteiger charge is -2.23. The molecule has 140 valence electrons. The van der Waals surface area contributed by atoms with Gasteiger partial charge in [-0.25, -0.2) is 0 Å². The number of nitrogens with zero attached hydrogens (tertiary/aromatic N) is 2. The van der Waals surface area contributed by atoms with Crippen LogP contribution in [-0.4, -0.2) is 46.3 Å². The number of nitrogens with one attached hydrogen (secondary N) is 1. The normalized spacial score (nSPS) is 11.0. The molecule has 0 aromatic heterocycles. The zero-order valence-electron chi connectivity index (χ0n) is 16.1. The first kappa shape index (κ1) is 19.4. The first-order valence-corrected chi connectivity index (χ1v) is 8.37. The van der Waals surface area contributed by atoms with E-state index in [2.05, 4.69) is 27.3 Å². The molecule has 2 aromatic carbocycles. The molecule has 0 aliphatic rings. The van der Waals surface area contributed by atoms with Crippen LogP contribution < -0.4 is 19.5 Å². The van der Waals surface area contributed by atoms with Gasteiger partial charge in [0.15, 0.2) is 5.96 Å². The number of benzene rings is 2. The van der Waals surface area contributed by atoms with Gasteiger partial charge in [-0.05, 0) is 5.56 Å². The predicted molar refractivity (Wildman–Crippen MR) is 104 cm³/mol.